The lowest BCUT2D eigenvalue weighted by atomic mass is 10.1. The van der Waals surface area contributed by atoms with Crippen LogP contribution in [0, 0.1) is 5.92 Å². The summed E-state index contributed by atoms with van der Waals surface area (Å²) in [5.74, 6) is 0.308. The molecule has 3 rings (SSSR count). The van der Waals surface area contributed by atoms with Gasteiger partial charge in [-0.2, -0.15) is 5.10 Å². The minimum atomic E-state index is -0.476. The first kappa shape index (κ1) is 13.7. The molecule has 2 heterocycles. The molecule has 0 bridgehead atoms. The SMILES string of the molecule is O=C(N[C@@H]1CC(Cn2cc(Cl)cn2)C[C@H]1O)N1CCC1. The van der Waals surface area contributed by atoms with Crippen LogP contribution in [0.4, 0.5) is 4.79 Å². The van der Waals surface area contributed by atoms with Gasteiger partial charge in [-0.3, -0.25) is 4.68 Å². The molecule has 1 unspecified atom stereocenters. The maximum Gasteiger partial charge on any atom is 0.317 e. The number of carbonyl (C=O) groups excluding carboxylic acids is 1. The molecule has 1 saturated carbocycles. The van der Waals surface area contributed by atoms with E-state index in [0.717, 1.165) is 32.5 Å². The van der Waals surface area contributed by atoms with E-state index in [2.05, 4.69) is 10.4 Å². The van der Waals surface area contributed by atoms with Gasteiger partial charge in [0.25, 0.3) is 0 Å². The minimum Gasteiger partial charge on any atom is -0.391 e. The molecule has 0 aromatic carbocycles. The van der Waals surface area contributed by atoms with Crippen LogP contribution in [0.15, 0.2) is 12.4 Å². The molecule has 110 valence electrons. The number of amides is 2. The number of likely N-dealkylation sites (tertiary alicyclic amines) is 1. The Balaban J connectivity index is 1.52. The summed E-state index contributed by atoms with van der Waals surface area (Å²) in [6.45, 7) is 2.37. The molecule has 0 spiro atoms. The van der Waals surface area contributed by atoms with Crippen LogP contribution in [-0.2, 0) is 6.54 Å². The summed E-state index contributed by atoms with van der Waals surface area (Å²) in [6.07, 6.45) is 5.44. The first-order valence-electron chi connectivity index (χ1n) is 7.03. The summed E-state index contributed by atoms with van der Waals surface area (Å²) in [6, 6.07) is -0.206. The van der Waals surface area contributed by atoms with Crippen molar-refractivity contribution in [1.82, 2.24) is 20.0 Å². The molecule has 1 aliphatic carbocycles. The summed E-state index contributed by atoms with van der Waals surface area (Å²) in [7, 11) is 0. The van der Waals surface area contributed by atoms with E-state index in [9.17, 15) is 9.90 Å². The lowest BCUT2D eigenvalue weighted by Gasteiger charge is -2.32. The second-order valence-electron chi connectivity index (χ2n) is 5.68. The smallest absolute Gasteiger partial charge is 0.317 e. The molecule has 1 aromatic heterocycles. The fraction of sp³-hybridized carbons (Fsp3) is 0.692. The van der Waals surface area contributed by atoms with Crippen LogP contribution >= 0.6 is 11.6 Å². The van der Waals surface area contributed by atoms with Gasteiger partial charge in [-0.25, -0.2) is 4.79 Å². The fourth-order valence-electron chi connectivity index (χ4n) is 2.89. The normalized spacial score (nSPS) is 29.3. The molecule has 2 N–H and O–H groups in total. The van der Waals surface area contributed by atoms with Gasteiger partial charge < -0.3 is 15.3 Å². The molecule has 6 nitrogen and oxygen atoms in total. The average Bonchev–Trinajstić information content (AvgIpc) is 2.84. The van der Waals surface area contributed by atoms with Crippen LogP contribution in [0.1, 0.15) is 19.3 Å². The van der Waals surface area contributed by atoms with E-state index in [1.165, 1.54) is 0 Å². The van der Waals surface area contributed by atoms with Crippen molar-refractivity contribution in [3.8, 4) is 0 Å². The predicted molar refractivity (Wildman–Crippen MR) is 74.5 cm³/mol. The molecule has 1 saturated heterocycles. The Kier molecular flexibility index (Phi) is 3.85. The van der Waals surface area contributed by atoms with Crippen molar-refractivity contribution in [3.05, 3.63) is 17.4 Å². The zero-order chi connectivity index (χ0) is 14.1. The van der Waals surface area contributed by atoms with Gasteiger partial charge in [0.05, 0.1) is 23.4 Å². The first-order chi connectivity index (χ1) is 9.61. The van der Waals surface area contributed by atoms with Gasteiger partial charge in [0, 0.05) is 25.8 Å². The van der Waals surface area contributed by atoms with E-state index < -0.39 is 6.10 Å². The second-order valence-corrected chi connectivity index (χ2v) is 6.12. The van der Waals surface area contributed by atoms with Crippen LogP contribution in [0.2, 0.25) is 5.02 Å². The van der Waals surface area contributed by atoms with Gasteiger partial charge in [-0.15, -0.1) is 0 Å². The first-order valence-corrected chi connectivity index (χ1v) is 7.41. The zero-order valence-corrected chi connectivity index (χ0v) is 12.0. The molecule has 0 radical (unpaired) electrons. The number of halogens is 1. The minimum absolute atomic E-state index is 0.0527. The van der Waals surface area contributed by atoms with Crippen molar-refractivity contribution in [2.24, 2.45) is 5.92 Å². The van der Waals surface area contributed by atoms with Crippen LogP contribution in [-0.4, -0.2) is 51.1 Å². The Morgan fingerprint density at radius 3 is 2.90 bits per heavy atom. The highest BCUT2D eigenvalue weighted by atomic mass is 35.5. The average molecular weight is 299 g/mol. The molecular weight excluding hydrogens is 280 g/mol. The summed E-state index contributed by atoms with van der Waals surface area (Å²) in [5, 5.41) is 17.8. The lowest BCUT2D eigenvalue weighted by molar-refractivity contribution is 0.129. The standard InChI is InChI=1S/C13H19ClN4O2/c14-10-6-15-18(8-10)7-9-4-11(12(19)5-9)16-13(20)17-2-1-3-17/h6,8-9,11-12,19H,1-5,7H2,(H,16,20)/t9?,11-,12-/m1/s1. The van der Waals surface area contributed by atoms with Crippen LogP contribution in [0.5, 0.6) is 0 Å². The zero-order valence-electron chi connectivity index (χ0n) is 11.2. The number of carbonyl (C=O) groups is 1. The topological polar surface area (TPSA) is 70.4 Å². The van der Waals surface area contributed by atoms with Crippen molar-refractivity contribution in [2.45, 2.75) is 38.0 Å². The summed E-state index contributed by atoms with van der Waals surface area (Å²) >= 11 is 5.83. The highest BCUT2D eigenvalue weighted by Crippen LogP contribution is 2.28. The number of aliphatic hydroxyl groups is 1. The van der Waals surface area contributed by atoms with E-state index in [0.29, 0.717) is 17.4 Å². The van der Waals surface area contributed by atoms with E-state index >= 15 is 0 Å². The number of rotatable bonds is 3. The lowest BCUT2D eigenvalue weighted by Crippen LogP contribution is -2.52. The Morgan fingerprint density at radius 1 is 1.50 bits per heavy atom. The van der Waals surface area contributed by atoms with Crippen molar-refractivity contribution in [2.75, 3.05) is 13.1 Å². The molecule has 1 aliphatic heterocycles. The molecular formula is C13H19ClN4O2. The number of aromatic nitrogens is 2. The molecule has 2 fully saturated rings. The third-order valence-electron chi connectivity index (χ3n) is 4.13. The van der Waals surface area contributed by atoms with Crippen molar-refractivity contribution in [1.29, 1.82) is 0 Å². The second kappa shape index (κ2) is 5.61. The molecule has 2 aliphatic rings. The van der Waals surface area contributed by atoms with Gasteiger partial charge in [0.1, 0.15) is 0 Å². The maximum absolute atomic E-state index is 11.9. The van der Waals surface area contributed by atoms with Crippen LogP contribution in [0.3, 0.4) is 0 Å². The number of hydrogen-bond acceptors (Lipinski definition) is 3. The van der Waals surface area contributed by atoms with E-state index in [1.54, 1.807) is 22.0 Å². The number of aliphatic hydroxyl groups excluding tert-OH is 1. The third kappa shape index (κ3) is 2.91. The summed E-state index contributed by atoms with van der Waals surface area (Å²) in [4.78, 5) is 13.6. The predicted octanol–water partition coefficient (Wildman–Crippen LogP) is 1.09. The van der Waals surface area contributed by atoms with E-state index in [-0.39, 0.29) is 12.1 Å². The molecule has 3 atom stereocenters. The van der Waals surface area contributed by atoms with E-state index in [1.807, 2.05) is 0 Å². The number of nitrogens with one attached hydrogen (secondary N) is 1. The summed E-state index contributed by atoms with van der Waals surface area (Å²) < 4.78 is 1.79. The van der Waals surface area contributed by atoms with Gasteiger partial charge in [-0.1, -0.05) is 11.6 Å². The van der Waals surface area contributed by atoms with Crippen molar-refractivity contribution >= 4 is 17.6 Å². The maximum atomic E-state index is 11.9. The largest absolute Gasteiger partial charge is 0.391 e. The molecule has 1 aromatic rings. The van der Waals surface area contributed by atoms with Gasteiger partial charge in [-0.05, 0) is 25.2 Å². The van der Waals surface area contributed by atoms with Gasteiger partial charge >= 0.3 is 6.03 Å². The monoisotopic (exact) mass is 298 g/mol. The Labute approximate surface area is 122 Å². The molecule has 20 heavy (non-hydrogen) atoms. The summed E-state index contributed by atoms with van der Waals surface area (Å²) in [5.41, 5.74) is 0. The van der Waals surface area contributed by atoms with Gasteiger partial charge in [0.15, 0.2) is 0 Å². The number of nitrogens with zero attached hydrogens (tertiary/aromatic N) is 3. The van der Waals surface area contributed by atoms with Crippen LogP contribution in [0.25, 0.3) is 0 Å². The number of hydrogen-bond donors (Lipinski definition) is 2. The highest BCUT2D eigenvalue weighted by Gasteiger charge is 2.35. The van der Waals surface area contributed by atoms with E-state index in [4.69, 9.17) is 11.6 Å². The van der Waals surface area contributed by atoms with Crippen LogP contribution < -0.4 is 5.32 Å². The highest BCUT2D eigenvalue weighted by molar-refractivity contribution is 6.30. The van der Waals surface area contributed by atoms with Gasteiger partial charge in [0.2, 0.25) is 0 Å². The fourth-order valence-corrected chi connectivity index (χ4v) is 3.05. The quantitative estimate of drug-likeness (QED) is 0.877. The molecule has 2 amide bonds. The number of urea groups is 1. The Bertz CT molecular complexity index is 488. The molecule has 7 heteroatoms. The third-order valence-corrected chi connectivity index (χ3v) is 4.32. The van der Waals surface area contributed by atoms with Crippen molar-refractivity contribution < 1.29 is 9.90 Å². The van der Waals surface area contributed by atoms with Crippen molar-refractivity contribution in [3.63, 3.8) is 0 Å². The Morgan fingerprint density at radius 2 is 2.30 bits per heavy atom. The Hall–Kier alpha value is -1.27.